The van der Waals surface area contributed by atoms with Gasteiger partial charge in [-0.05, 0) is 12.1 Å². The molecular formula is C11H12F3NO3S. The van der Waals surface area contributed by atoms with Gasteiger partial charge in [0, 0.05) is 6.26 Å². The van der Waals surface area contributed by atoms with Crippen LogP contribution in [0.25, 0.3) is 0 Å². The Morgan fingerprint density at radius 3 is 2.58 bits per heavy atom. The number of carbonyl (C=O) groups excluding carboxylic acids is 1. The van der Waals surface area contributed by atoms with Crippen LogP contribution in [0.2, 0.25) is 0 Å². The van der Waals surface area contributed by atoms with Crippen molar-refractivity contribution in [2.24, 2.45) is 0 Å². The number of halogens is 3. The molecule has 0 fully saturated rings. The van der Waals surface area contributed by atoms with Gasteiger partial charge in [-0.3, -0.25) is 9.00 Å². The number of amides is 1. The molecule has 1 N–H and O–H groups in total. The number of para-hydroxylation sites is 1. The Morgan fingerprint density at radius 1 is 1.37 bits per heavy atom. The normalized spacial score (nSPS) is 13.1. The van der Waals surface area contributed by atoms with Crippen LogP contribution in [-0.4, -0.2) is 35.8 Å². The third-order valence-corrected chi connectivity index (χ3v) is 2.95. The maximum absolute atomic E-state index is 11.8. The summed E-state index contributed by atoms with van der Waals surface area (Å²) < 4.78 is 51.0. The second-order valence-electron chi connectivity index (χ2n) is 3.61. The van der Waals surface area contributed by atoms with Crippen LogP contribution in [0.1, 0.15) is 0 Å². The molecule has 0 aromatic heterocycles. The Bertz CT molecular complexity index is 476. The Labute approximate surface area is 110 Å². The quantitative estimate of drug-likeness (QED) is 0.903. The molecule has 0 heterocycles. The predicted octanol–water partition coefficient (Wildman–Crippen LogP) is 1.94. The molecule has 1 aromatic rings. The fourth-order valence-corrected chi connectivity index (χ4v) is 1.97. The summed E-state index contributed by atoms with van der Waals surface area (Å²) in [5, 5.41) is 2.35. The van der Waals surface area contributed by atoms with Gasteiger partial charge in [0.2, 0.25) is 5.91 Å². The van der Waals surface area contributed by atoms with Crippen LogP contribution >= 0.6 is 0 Å². The SMILES string of the molecule is C[S@@](=O)c1ccccc1NC(=O)COCC(F)(F)F. The van der Waals surface area contributed by atoms with Crippen LogP contribution in [0.5, 0.6) is 0 Å². The number of nitrogens with one attached hydrogen (secondary N) is 1. The van der Waals surface area contributed by atoms with Crippen molar-refractivity contribution in [2.75, 3.05) is 24.8 Å². The number of benzene rings is 1. The van der Waals surface area contributed by atoms with Gasteiger partial charge in [0.25, 0.3) is 0 Å². The maximum atomic E-state index is 11.8. The first kappa shape index (κ1) is 15.6. The molecule has 0 saturated heterocycles. The summed E-state index contributed by atoms with van der Waals surface area (Å²) in [5.41, 5.74) is 0.295. The minimum Gasteiger partial charge on any atom is -0.362 e. The molecule has 0 radical (unpaired) electrons. The highest BCUT2D eigenvalue weighted by molar-refractivity contribution is 7.84. The number of alkyl halides is 3. The van der Waals surface area contributed by atoms with E-state index >= 15 is 0 Å². The first-order chi connectivity index (χ1) is 8.79. The highest BCUT2D eigenvalue weighted by Crippen LogP contribution is 2.18. The molecular weight excluding hydrogens is 283 g/mol. The van der Waals surface area contributed by atoms with E-state index in [4.69, 9.17) is 0 Å². The average Bonchev–Trinajstić information content (AvgIpc) is 2.27. The number of ether oxygens (including phenoxy) is 1. The second-order valence-corrected chi connectivity index (χ2v) is 4.95. The van der Waals surface area contributed by atoms with E-state index in [1.165, 1.54) is 12.3 Å². The van der Waals surface area contributed by atoms with Crippen molar-refractivity contribution < 1.29 is 26.9 Å². The lowest BCUT2D eigenvalue weighted by atomic mass is 10.3. The first-order valence-corrected chi connectivity index (χ1v) is 6.72. The fourth-order valence-electron chi connectivity index (χ4n) is 1.27. The number of rotatable bonds is 5. The fraction of sp³-hybridized carbons (Fsp3) is 0.364. The molecule has 0 saturated carbocycles. The van der Waals surface area contributed by atoms with Crippen LogP contribution < -0.4 is 5.32 Å². The number of anilines is 1. The summed E-state index contributed by atoms with van der Waals surface area (Å²) in [6.45, 7) is -2.20. The zero-order valence-electron chi connectivity index (χ0n) is 9.99. The summed E-state index contributed by atoms with van der Waals surface area (Å²) in [6, 6.07) is 6.33. The predicted molar refractivity (Wildman–Crippen MR) is 64.3 cm³/mol. The van der Waals surface area contributed by atoms with E-state index in [0.717, 1.165) is 0 Å². The minimum absolute atomic E-state index is 0.295. The maximum Gasteiger partial charge on any atom is 0.411 e. The van der Waals surface area contributed by atoms with Crippen molar-refractivity contribution >= 4 is 22.4 Å². The molecule has 0 bridgehead atoms. The Kier molecular flexibility index (Phi) is 5.49. The van der Waals surface area contributed by atoms with Crippen LogP contribution in [-0.2, 0) is 20.3 Å². The van der Waals surface area contributed by atoms with Crippen molar-refractivity contribution in [2.45, 2.75) is 11.1 Å². The topological polar surface area (TPSA) is 55.4 Å². The lowest BCUT2D eigenvalue weighted by Gasteiger charge is -2.10. The molecule has 1 atom stereocenters. The molecule has 1 amide bonds. The molecule has 106 valence electrons. The van der Waals surface area contributed by atoms with Gasteiger partial charge in [-0.1, -0.05) is 12.1 Å². The molecule has 0 unspecified atom stereocenters. The smallest absolute Gasteiger partial charge is 0.362 e. The van der Waals surface area contributed by atoms with Gasteiger partial charge in [-0.15, -0.1) is 0 Å². The van der Waals surface area contributed by atoms with Gasteiger partial charge in [0.05, 0.1) is 21.4 Å². The molecule has 0 aliphatic carbocycles. The Morgan fingerprint density at radius 2 is 2.00 bits per heavy atom. The minimum atomic E-state index is -4.47. The van der Waals surface area contributed by atoms with Crippen LogP contribution in [0, 0.1) is 0 Å². The van der Waals surface area contributed by atoms with E-state index in [-0.39, 0.29) is 0 Å². The standard InChI is InChI=1S/C11H12F3NO3S/c1-19(17)9-5-3-2-4-8(9)15-10(16)6-18-7-11(12,13)14/h2-5H,6-7H2,1H3,(H,15,16)/t19-/m1/s1. The third-order valence-electron chi connectivity index (χ3n) is 1.97. The van der Waals surface area contributed by atoms with Crippen molar-refractivity contribution in [3.05, 3.63) is 24.3 Å². The zero-order chi connectivity index (χ0) is 14.5. The van der Waals surface area contributed by atoms with E-state index in [1.54, 1.807) is 18.2 Å². The highest BCUT2D eigenvalue weighted by Gasteiger charge is 2.27. The average molecular weight is 295 g/mol. The zero-order valence-corrected chi connectivity index (χ0v) is 10.8. The molecule has 0 aliphatic heterocycles. The first-order valence-electron chi connectivity index (χ1n) is 5.16. The van der Waals surface area contributed by atoms with E-state index in [2.05, 4.69) is 10.1 Å². The summed E-state index contributed by atoms with van der Waals surface area (Å²) in [6.07, 6.45) is -3.03. The molecule has 8 heteroatoms. The van der Waals surface area contributed by atoms with Gasteiger partial charge in [-0.25, -0.2) is 0 Å². The lowest BCUT2D eigenvalue weighted by molar-refractivity contribution is -0.174. The second kappa shape index (κ2) is 6.67. The molecule has 1 rings (SSSR count). The van der Waals surface area contributed by atoms with Gasteiger partial charge >= 0.3 is 6.18 Å². The number of hydrogen-bond donors (Lipinski definition) is 1. The van der Waals surface area contributed by atoms with Crippen LogP contribution in [0.15, 0.2) is 29.2 Å². The van der Waals surface area contributed by atoms with Gasteiger partial charge in [0.1, 0.15) is 13.2 Å². The van der Waals surface area contributed by atoms with E-state index < -0.39 is 36.1 Å². The van der Waals surface area contributed by atoms with Gasteiger partial charge in [0.15, 0.2) is 0 Å². The molecule has 4 nitrogen and oxygen atoms in total. The Balaban J connectivity index is 2.56. The van der Waals surface area contributed by atoms with Crippen molar-refractivity contribution in [3.63, 3.8) is 0 Å². The molecule has 19 heavy (non-hydrogen) atoms. The van der Waals surface area contributed by atoms with Crippen molar-refractivity contribution in [1.29, 1.82) is 0 Å². The van der Waals surface area contributed by atoms with Crippen LogP contribution in [0.3, 0.4) is 0 Å². The molecule has 1 aromatic carbocycles. The number of hydrogen-bond acceptors (Lipinski definition) is 3. The highest BCUT2D eigenvalue weighted by atomic mass is 32.2. The monoisotopic (exact) mass is 295 g/mol. The van der Waals surface area contributed by atoms with Gasteiger partial charge in [-0.2, -0.15) is 13.2 Å². The third kappa shape index (κ3) is 5.84. The van der Waals surface area contributed by atoms with Crippen molar-refractivity contribution in [1.82, 2.24) is 0 Å². The van der Waals surface area contributed by atoms with Gasteiger partial charge < -0.3 is 10.1 Å². The number of carbonyl (C=O) groups is 1. The summed E-state index contributed by atoms with van der Waals surface area (Å²) in [7, 11) is -1.31. The molecule has 0 spiro atoms. The Hall–Kier alpha value is -1.41. The summed E-state index contributed by atoms with van der Waals surface area (Å²) in [4.78, 5) is 11.8. The van der Waals surface area contributed by atoms with Crippen molar-refractivity contribution in [3.8, 4) is 0 Å². The van der Waals surface area contributed by atoms with Crippen LogP contribution in [0.4, 0.5) is 18.9 Å². The van der Waals surface area contributed by atoms with E-state index in [0.29, 0.717) is 10.6 Å². The lowest BCUT2D eigenvalue weighted by Crippen LogP contribution is -2.24. The summed E-state index contributed by atoms with van der Waals surface area (Å²) >= 11 is 0. The van der Waals surface area contributed by atoms with E-state index in [9.17, 15) is 22.2 Å². The summed E-state index contributed by atoms with van der Waals surface area (Å²) in [5.74, 6) is -0.734. The largest absolute Gasteiger partial charge is 0.411 e. The molecule has 0 aliphatic rings. The van der Waals surface area contributed by atoms with E-state index in [1.807, 2.05) is 0 Å².